The van der Waals surface area contributed by atoms with Crippen molar-refractivity contribution in [1.82, 2.24) is 10.2 Å². The molecule has 1 aromatic carbocycles. The Labute approximate surface area is 161 Å². The molecule has 1 atom stereocenters. The third-order valence-corrected chi connectivity index (χ3v) is 4.87. The van der Waals surface area contributed by atoms with Crippen molar-refractivity contribution >= 4 is 29.1 Å². The third kappa shape index (κ3) is 5.82. The summed E-state index contributed by atoms with van der Waals surface area (Å²) in [7, 11) is 3.06. The van der Waals surface area contributed by atoms with E-state index in [1.807, 2.05) is 0 Å². The minimum Gasteiger partial charge on any atom is -0.496 e. The van der Waals surface area contributed by atoms with E-state index in [9.17, 15) is 19.5 Å². The number of para-hydroxylation sites is 1. The smallest absolute Gasteiger partial charge is 0.308 e. The minimum absolute atomic E-state index is 0.0345. The van der Waals surface area contributed by atoms with Gasteiger partial charge < -0.3 is 20.1 Å². The van der Waals surface area contributed by atoms with Gasteiger partial charge in [0.1, 0.15) is 5.75 Å². The van der Waals surface area contributed by atoms with E-state index in [2.05, 4.69) is 5.32 Å². The van der Waals surface area contributed by atoms with E-state index in [0.717, 1.165) is 5.56 Å². The highest BCUT2D eigenvalue weighted by Gasteiger charge is 2.22. The first kappa shape index (κ1) is 20.4. The van der Waals surface area contributed by atoms with Gasteiger partial charge in [-0.2, -0.15) is 0 Å². The van der Waals surface area contributed by atoms with Crippen LogP contribution in [0.15, 0.2) is 41.8 Å². The molecule has 0 saturated carbocycles. The second kappa shape index (κ2) is 9.72. The summed E-state index contributed by atoms with van der Waals surface area (Å²) in [5, 5.41) is 13.8. The molecule has 1 aromatic heterocycles. The number of likely N-dealkylation sites (N-methyl/N-ethyl adjacent to an activating group) is 1. The number of rotatable bonds is 9. The number of nitrogens with one attached hydrogen (secondary N) is 1. The summed E-state index contributed by atoms with van der Waals surface area (Å²) >= 11 is 1.30. The molecule has 0 saturated heterocycles. The number of carbonyl (C=O) groups excluding carboxylic acids is 2. The largest absolute Gasteiger partial charge is 0.496 e. The molecule has 7 nitrogen and oxygen atoms in total. The lowest BCUT2D eigenvalue weighted by atomic mass is 9.98. The Bertz CT molecular complexity index is 791. The Morgan fingerprint density at radius 1 is 1.22 bits per heavy atom. The highest BCUT2D eigenvalue weighted by atomic mass is 32.1. The molecule has 0 aliphatic heterocycles. The zero-order chi connectivity index (χ0) is 19.8. The lowest BCUT2D eigenvalue weighted by molar-refractivity contribution is -0.141. The summed E-state index contributed by atoms with van der Waals surface area (Å²) in [5.41, 5.74) is 0.756. The van der Waals surface area contributed by atoms with Crippen LogP contribution < -0.4 is 10.1 Å². The topological polar surface area (TPSA) is 95.9 Å². The molecule has 0 fully saturated rings. The van der Waals surface area contributed by atoms with Crippen molar-refractivity contribution in [2.45, 2.75) is 6.42 Å². The van der Waals surface area contributed by atoms with Crippen molar-refractivity contribution in [2.24, 2.45) is 5.92 Å². The van der Waals surface area contributed by atoms with E-state index in [1.165, 1.54) is 30.4 Å². The number of aliphatic carboxylic acids is 1. The number of benzene rings is 1. The summed E-state index contributed by atoms with van der Waals surface area (Å²) in [4.78, 5) is 37.7. The fourth-order valence-electron chi connectivity index (χ4n) is 2.55. The lowest BCUT2D eigenvalue weighted by Crippen LogP contribution is -2.41. The van der Waals surface area contributed by atoms with Crippen LogP contribution >= 0.6 is 11.3 Å². The van der Waals surface area contributed by atoms with Gasteiger partial charge in [0, 0.05) is 13.6 Å². The summed E-state index contributed by atoms with van der Waals surface area (Å²) in [6.07, 6.45) is 0.226. The Morgan fingerprint density at radius 2 is 1.96 bits per heavy atom. The predicted molar refractivity (Wildman–Crippen MR) is 102 cm³/mol. The van der Waals surface area contributed by atoms with Gasteiger partial charge in [0.15, 0.2) is 0 Å². The summed E-state index contributed by atoms with van der Waals surface area (Å²) in [6.45, 7) is -0.176. The van der Waals surface area contributed by atoms with Crippen molar-refractivity contribution in [2.75, 3.05) is 27.2 Å². The fraction of sp³-hybridized carbons (Fsp3) is 0.316. The zero-order valence-corrected chi connectivity index (χ0v) is 16.0. The van der Waals surface area contributed by atoms with Gasteiger partial charge >= 0.3 is 5.97 Å². The van der Waals surface area contributed by atoms with E-state index in [-0.39, 0.29) is 25.4 Å². The summed E-state index contributed by atoms with van der Waals surface area (Å²) in [6, 6.07) is 10.6. The van der Waals surface area contributed by atoms with Crippen LogP contribution in [0.1, 0.15) is 15.2 Å². The number of ether oxygens (including phenoxy) is 1. The number of carbonyl (C=O) groups is 3. The molecule has 0 aliphatic carbocycles. The van der Waals surface area contributed by atoms with E-state index in [4.69, 9.17) is 4.74 Å². The highest BCUT2D eigenvalue weighted by molar-refractivity contribution is 7.12. The molecular weight excluding hydrogens is 368 g/mol. The van der Waals surface area contributed by atoms with E-state index >= 15 is 0 Å². The molecule has 2 rings (SSSR count). The predicted octanol–water partition coefficient (Wildman–Crippen LogP) is 1.89. The summed E-state index contributed by atoms with van der Waals surface area (Å²) < 4.78 is 5.24. The van der Waals surface area contributed by atoms with Crippen LogP contribution in [-0.4, -0.2) is 55.0 Å². The Hall–Kier alpha value is -2.87. The number of hydrogen-bond acceptors (Lipinski definition) is 5. The molecule has 0 radical (unpaired) electrons. The molecule has 2 amide bonds. The SMILES string of the molecule is COc1ccccc1CC(CNC(=O)CN(C)C(=O)c1cccs1)C(=O)O. The Balaban J connectivity index is 1.90. The molecule has 1 heterocycles. The third-order valence-electron chi connectivity index (χ3n) is 4.01. The van der Waals surface area contributed by atoms with Crippen LogP contribution in [0.3, 0.4) is 0 Å². The maximum Gasteiger partial charge on any atom is 0.308 e. The van der Waals surface area contributed by atoms with Gasteiger partial charge in [-0.1, -0.05) is 24.3 Å². The second-order valence-corrected chi connectivity index (χ2v) is 6.94. The van der Waals surface area contributed by atoms with E-state index in [1.54, 1.807) is 41.8 Å². The molecule has 1 unspecified atom stereocenters. The number of methoxy groups -OCH3 is 1. The molecule has 27 heavy (non-hydrogen) atoms. The molecule has 8 heteroatoms. The average molecular weight is 390 g/mol. The normalized spacial score (nSPS) is 11.5. The molecular formula is C19H22N2O5S. The van der Waals surface area contributed by atoms with E-state index in [0.29, 0.717) is 10.6 Å². The molecule has 2 aromatic rings. The monoisotopic (exact) mass is 390 g/mol. The Kier molecular flexibility index (Phi) is 7.36. The van der Waals surface area contributed by atoms with Crippen LogP contribution in [0.4, 0.5) is 0 Å². The van der Waals surface area contributed by atoms with Crippen LogP contribution in [0.25, 0.3) is 0 Å². The molecule has 0 bridgehead atoms. The van der Waals surface area contributed by atoms with E-state index < -0.39 is 17.8 Å². The lowest BCUT2D eigenvalue weighted by Gasteiger charge is -2.18. The van der Waals surface area contributed by atoms with Crippen LogP contribution in [-0.2, 0) is 16.0 Å². The minimum atomic E-state index is -1.01. The number of carboxylic acid groups (broad SMARTS) is 1. The van der Waals surface area contributed by atoms with Gasteiger partial charge in [-0.05, 0) is 29.5 Å². The van der Waals surface area contributed by atoms with Gasteiger partial charge in [0.05, 0.1) is 24.4 Å². The first-order chi connectivity index (χ1) is 12.9. The van der Waals surface area contributed by atoms with Crippen LogP contribution in [0, 0.1) is 5.92 Å². The van der Waals surface area contributed by atoms with Crippen molar-refractivity contribution in [3.8, 4) is 5.75 Å². The Morgan fingerprint density at radius 3 is 2.59 bits per heavy atom. The number of carboxylic acids is 1. The number of nitrogens with zero attached hydrogens (tertiary/aromatic N) is 1. The first-order valence-corrected chi connectivity index (χ1v) is 9.20. The number of amides is 2. The molecule has 0 aliphatic rings. The van der Waals surface area contributed by atoms with Crippen molar-refractivity contribution in [3.05, 3.63) is 52.2 Å². The van der Waals surface area contributed by atoms with Crippen molar-refractivity contribution < 1.29 is 24.2 Å². The van der Waals surface area contributed by atoms with Gasteiger partial charge in [-0.25, -0.2) is 0 Å². The quantitative estimate of drug-likeness (QED) is 0.682. The van der Waals surface area contributed by atoms with Crippen molar-refractivity contribution in [1.29, 1.82) is 0 Å². The van der Waals surface area contributed by atoms with Gasteiger partial charge in [0.2, 0.25) is 5.91 Å². The molecule has 2 N–H and O–H groups in total. The van der Waals surface area contributed by atoms with Gasteiger partial charge in [-0.3, -0.25) is 14.4 Å². The maximum absolute atomic E-state index is 12.1. The van der Waals surface area contributed by atoms with Gasteiger partial charge in [-0.15, -0.1) is 11.3 Å². The molecule has 144 valence electrons. The number of hydrogen-bond donors (Lipinski definition) is 2. The van der Waals surface area contributed by atoms with Crippen LogP contribution in [0.2, 0.25) is 0 Å². The maximum atomic E-state index is 12.1. The average Bonchev–Trinajstić information content (AvgIpc) is 3.19. The summed E-state index contributed by atoms with van der Waals surface area (Å²) in [5.74, 6) is -1.86. The second-order valence-electron chi connectivity index (χ2n) is 5.99. The zero-order valence-electron chi connectivity index (χ0n) is 15.2. The molecule has 0 spiro atoms. The number of thiophene rings is 1. The van der Waals surface area contributed by atoms with Gasteiger partial charge in [0.25, 0.3) is 5.91 Å². The standard InChI is InChI=1S/C19H22N2O5S/c1-21(18(23)16-8-5-9-27-16)12-17(22)20-11-14(19(24)25)10-13-6-3-4-7-15(13)26-2/h3-9,14H,10-12H2,1-2H3,(H,20,22)(H,24,25). The van der Waals surface area contributed by atoms with Crippen molar-refractivity contribution in [3.63, 3.8) is 0 Å². The highest BCUT2D eigenvalue weighted by Crippen LogP contribution is 2.21. The van der Waals surface area contributed by atoms with Crippen LogP contribution in [0.5, 0.6) is 5.75 Å². The fourth-order valence-corrected chi connectivity index (χ4v) is 3.27. The first-order valence-electron chi connectivity index (χ1n) is 8.32.